The molecule has 6 heteroatoms. The standard InChI is InChI=1S/C23H26F2N2O2/c1-15-13-27(14-16(2)29-15)21-6-4-5-19(11-21)17(3)26-23(28)10-8-18-7-9-20(24)12-22(18)25/h4-12,15-17H,13-14H2,1-3H3,(H,26,28). The summed E-state index contributed by atoms with van der Waals surface area (Å²) in [6.07, 6.45) is 2.92. The molecule has 1 fully saturated rings. The monoisotopic (exact) mass is 400 g/mol. The fourth-order valence-electron chi connectivity index (χ4n) is 3.53. The van der Waals surface area contributed by atoms with E-state index < -0.39 is 11.6 Å². The summed E-state index contributed by atoms with van der Waals surface area (Å²) >= 11 is 0. The minimum Gasteiger partial charge on any atom is -0.372 e. The van der Waals surface area contributed by atoms with Gasteiger partial charge in [0.1, 0.15) is 11.6 Å². The summed E-state index contributed by atoms with van der Waals surface area (Å²) in [5.41, 5.74) is 2.23. The molecule has 0 aromatic heterocycles. The molecule has 29 heavy (non-hydrogen) atoms. The van der Waals surface area contributed by atoms with E-state index in [1.807, 2.05) is 19.1 Å². The van der Waals surface area contributed by atoms with E-state index in [-0.39, 0.29) is 29.7 Å². The molecular formula is C23H26F2N2O2. The Kier molecular flexibility index (Phi) is 6.64. The van der Waals surface area contributed by atoms with Gasteiger partial charge in [-0.25, -0.2) is 8.78 Å². The van der Waals surface area contributed by atoms with Crippen LogP contribution in [0.15, 0.2) is 48.5 Å². The lowest BCUT2D eigenvalue weighted by molar-refractivity contribution is -0.117. The van der Waals surface area contributed by atoms with Gasteiger partial charge in [0, 0.05) is 36.5 Å². The largest absolute Gasteiger partial charge is 0.372 e. The highest BCUT2D eigenvalue weighted by atomic mass is 19.1. The second kappa shape index (κ2) is 9.18. The zero-order valence-corrected chi connectivity index (χ0v) is 16.9. The van der Waals surface area contributed by atoms with Crippen LogP contribution in [-0.4, -0.2) is 31.2 Å². The first-order chi connectivity index (χ1) is 13.8. The van der Waals surface area contributed by atoms with Crippen molar-refractivity contribution in [1.29, 1.82) is 0 Å². The first kappa shape index (κ1) is 21.0. The van der Waals surface area contributed by atoms with Gasteiger partial charge in [-0.05, 0) is 56.7 Å². The second-order valence-corrected chi connectivity index (χ2v) is 7.49. The van der Waals surface area contributed by atoms with Crippen molar-refractivity contribution in [3.05, 3.63) is 71.3 Å². The Balaban J connectivity index is 1.65. The normalized spacial score (nSPS) is 20.7. The van der Waals surface area contributed by atoms with Gasteiger partial charge in [0.2, 0.25) is 5.91 Å². The van der Waals surface area contributed by atoms with Crippen LogP contribution in [0.25, 0.3) is 6.08 Å². The molecule has 3 unspecified atom stereocenters. The van der Waals surface area contributed by atoms with Crippen molar-refractivity contribution in [3.8, 4) is 0 Å². The summed E-state index contributed by atoms with van der Waals surface area (Å²) in [4.78, 5) is 14.5. The molecule has 0 bridgehead atoms. The fourth-order valence-corrected chi connectivity index (χ4v) is 3.53. The van der Waals surface area contributed by atoms with E-state index in [4.69, 9.17) is 4.74 Å². The number of hydrogen-bond acceptors (Lipinski definition) is 3. The van der Waals surface area contributed by atoms with E-state index in [2.05, 4.69) is 36.2 Å². The summed E-state index contributed by atoms with van der Waals surface area (Å²) in [6.45, 7) is 7.66. The minimum absolute atomic E-state index is 0.159. The molecule has 1 N–H and O–H groups in total. The molecule has 1 aliphatic rings. The third-order valence-electron chi connectivity index (χ3n) is 4.89. The number of rotatable bonds is 5. The van der Waals surface area contributed by atoms with Gasteiger partial charge in [-0.1, -0.05) is 12.1 Å². The summed E-state index contributed by atoms with van der Waals surface area (Å²) in [5.74, 6) is -1.70. The topological polar surface area (TPSA) is 41.6 Å². The van der Waals surface area contributed by atoms with E-state index >= 15 is 0 Å². The highest BCUT2D eigenvalue weighted by Gasteiger charge is 2.22. The van der Waals surface area contributed by atoms with Gasteiger partial charge in [0.25, 0.3) is 0 Å². The van der Waals surface area contributed by atoms with Crippen LogP contribution in [0.2, 0.25) is 0 Å². The molecule has 3 atom stereocenters. The van der Waals surface area contributed by atoms with Crippen molar-refractivity contribution >= 4 is 17.7 Å². The fraction of sp³-hybridized carbons (Fsp3) is 0.348. The van der Waals surface area contributed by atoms with Crippen molar-refractivity contribution in [2.24, 2.45) is 0 Å². The first-order valence-corrected chi connectivity index (χ1v) is 9.76. The number of nitrogens with one attached hydrogen (secondary N) is 1. The average molecular weight is 400 g/mol. The maximum absolute atomic E-state index is 13.7. The van der Waals surface area contributed by atoms with Gasteiger partial charge >= 0.3 is 0 Å². The summed E-state index contributed by atoms with van der Waals surface area (Å²) in [6, 6.07) is 11.1. The van der Waals surface area contributed by atoms with Gasteiger partial charge < -0.3 is 15.0 Å². The quantitative estimate of drug-likeness (QED) is 0.753. The van der Waals surface area contributed by atoms with Gasteiger partial charge in [-0.3, -0.25) is 4.79 Å². The van der Waals surface area contributed by atoms with Crippen LogP contribution in [-0.2, 0) is 9.53 Å². The SMILES string of the molecule is CC1CN(c2cccc(C(C)NC(=O)C=Cc3ccc(F)cc3F)c2)CC(C)O1. The molecule has 1 aliphatic heterocycles. The molecular weight excluding hydrogens is 374 g/mol. The van der Waals surface area contributed by atoms with E-state index in [9.17, 15) is 13.6 Å². The number of benzene rings is 2. The molecule has 4 nitrogen and oxygen atoms in total. The van der Waals surface area contributed by atoms with Crippen LogP contribution in [0.5, 0.6) is 0 Å². The number of hydrogen-bond donors (Lipinski definition) is 1. The molecule has 1 heterocycles. The van der Waals surface area contributed by atoms with Crippen LogP contribution in [0.3, 0.4) is 0 Å². The molecule has 1 saturated heterocycles. The molecule has 2 aromatic rings. The Morgan fingerprint density at radius 3 is 2.59 bits per heavy atom. The number of halogens is 2. The van der Waals surface area contributed by atoms with Gasteiger partial charge in [0.05, 0.1) is 18.2 Å². The molecule has 3 rings (SSSR count). The second-order valence-electron chi connectivity index (χ2n) is 7.49. The van der Waals surface area contributed by atoms with Gasteiger partial charge in [-0.15, -0.1) is 0 Å². The molecule has 0 aliphatic carbocycles. The number of ether oxygens (including phenoxy) is 1. The Hall–Kier alpha value is -2.73. The Morgan fingerprint density at radius 2 is 1.90 bits per heavy atom. The summed E-state index contributed by atoms with van der Waals surface area (Å²) in [5, 5.41) is 2.88. The van der Waals surface area contributed by atoms with Crippen LogP contribution in [0.4, 0.5) is 14.5 Å². The smallest absolute Gasteiger partial charge is 0.244 e. The van der Waals surface area contributed by atoms with Crippen molar-refractivity contribution in [2.75, 3.05) is 18.0 Å². The van der Waals surface area contributed by atoms with E-state index in [1.54, 1.807) is 0 Å². The number of carbonyl (C=O) groups is 1. The zero-order chi connectivity index (χ0) is 21.0. The average Bonchev–Trinajstić information content (AvgIpc) is 2.66. The minimum atomic E-state index is -0.705. The van der Waals surface area contributed by atoms with Crippen molar-refractivity contribution in [2.45, 2.75) is 39.0 Å². The summed E-state index contributed by atoms with van der Waals surface area (Å²) < 4.78 is 32.4. The third-order valence-corrected chi connectivity index (χ3v) is 4.89. The Morgan fingerprint density at radius 1 is 1.17 bits per heavy atom. The number of carbonyl (C=O) groups excluding carboxylic acids is 1. The van der Waals surface area contributed by atoms with Crippen LogP contribution >= 0.6 is 0 Å². The lowest BCUT2D eigenvalue weighted by Gasteiger charge is -2.37. The molecule has 0 radical (unpaired) electrons. The van der Waals surface area contributed by atoms with E-state index in [0.29, 0.717) is 0 Å². The number of morpholine rings is 1. The van der Waals surface area contributed by atoms with Crippen LogP contribution < -0.4 is 10.2 Å². The van der Waals surface area contributed by atoms with Crippen LogP contribution in [0.1, 0.15) is 37.9 Å². The summed E-state index contributed by atoms with van der Waals surface area (Å²) in [7, 11) is 0. The Labute approximate surface area is 170 Å². The number of anilines is 1. The molecule has 1 amide bonds. The highest BCUT2D eigenvalue weighted by molar-refractivity contribution is 5.92. The third kappa shape index (κ3) is 5.64. The number of amides is 1. The Bertz CT molecular complexity index is 890. The van der Waals surface area contributed by atoms with E-state index in [0.717, 1.165) is 36.5 Å². The van der Waals surface area contributed by atoms with Crippen molar-refractivity contribution < 1.29 is 18.3 Å². The number of nitrogens with zero attached hydrogens (tertiary/aromatic N) is 1. The van der Waals surface area contributed by atoms with Crippen LogP contribution in [0, 0.1) is 11.6 Å². The lowest BCUT2D eigenvalue weighted by atomic mass is 10.1. The molecule has 2 aromatic carbocycles. The zero-order valence-electron chi connectivity index (χ0n) is 16.9. The highest BCUT2D eigenvalue weighted by Crippen LogP contribution is 2.24. The lowest BCUT2D eigenvalue weighted by Crippen LogP contribution is -2.45. The molecule has 0 saturated carbocycles. The maximum Gasteiger partial charge on any atom is 0.244 e. The molecule has 154 valence electrons. The predicted molar refractivity (Wildman–Crippen MR) is 111 cm³/mol. The predicted octanol–water partition coefficient (Wildman–Crippen LogP) is 4.47. The maximum atomic E-state index is 13.7. The van der Waals surface area contributed by atoms with E-state index in [1.165, 1.54) is 18.2 Å². The first-order valence-electron chi connectivity index (χ1n) is 9.76. The van der Waals surface area contributed by atoms with Crippen molar-refractivity contribution in [3.63, 3.8) is 0 Å². The van der Waals surface area contributed by atoms with Gasteiger partial charge in [-0.2, -0.15) is 0 Å². The molecule has 0 spiro atoms. The van der Waals surface area contributed by atoms with Gasteiger partial charge in [0.15, 0.2) is 0 Å². The van der Waals surface area contributed by atoms with Crippen molar-refractivity contribution in [1.82, 2.24) is 5.32 Å².